The molecule has 5 aromatic carbocycles. The van der Waals surface area contributed by atoms with Crippen LogP contribution >= 0.6 is 0 Å². The molecule has 1 atom stereocenters. The fraction of sp³-hybridized carbons (Fsp3) is 0.211. The third-order valence-corrected chi connectivity index (χ3v) is 10.00. The molecule has 0 aliphatic rings. The zero-order valence-corrected chi connectivity index (χ0v) is 27.1. The summed E-state index contributed by atoms with van der Waals surface area (Å²) in [6.45, 7) is 2.80. The van der Waals surface area contributed by atoms with Crippen molar-refractivity contribution in [1.29, 1.82) is 0 Å². The Morgan fingerprint density at radius 3 is 1.79 bits per heavy atom. The molecule has 0 heterocycles. The summed E-state index contributed by atoms with van der Waals surface area (Å²) in [5.74, 6) is 0.0808. The first-order chi connectivity index (χ1) is 22.6. The van der Waals surface area contributed by atoms with Crippen LogP contribution in [0, 0.1) is 0 Å². The quantitative estimate of drug-likeness (QED) is 0.101. The molecule has 0 unspecified atom stereocenters. The summed E-state index contributed by atoms with van der Waals surface area (Å²) in [6, 6.07) is 36.5. The maximum Gasteiger partial charge on any atom is 0.183 e. The number of nitrogen functional groups attached to an aromatic ring is 1. The molecule has 0 spiro atoms. The molecule has 0 aliphatic carbocycles. The van der Waals surface area contributed by atoms with Crippen molar-refractivity contribution in [3.8, 4) is 17.2 Å². The number of hydrogen-bond acceptors (Lipinski definition) is 8. The van der Waals surface area contributed by atoms with Crippen molar-refractivity contribution in [3.05, 3.63) is 149 Å². The van der Waals surface area contributed by atoms with Gasteiger partial charge in [0.2, 0.25) is 0 Å². The lowest BCUT2D eigenvalue weighted by atomic mass is 9.90. The minimum absolute atomic E-state index is 0.0295. The van der Waals surface area contributed by atoms with Gasteiger partial charge in [0, 0.05) is 31.1 Å². The predicted octanol–water partition coefficient (Wildman–Crippen LogP) is 6.42. The van der Waals surface area contributed by atoms with Gasteiger partial charge in [-0.1, -0.05) is 97.9 Å². The number of nitrogens with two attached hydrogens (primary N) is 1. The van der Waals surface area contributed by atoms with Gasteiger partial charge in [-0.2, -0.15) is 0 Å². The van der Waals surface area contributed by atoms with E-state index in [1.807, 2.05) is 84.9 Å². The standard InChI is InChI=1S/C38H40N2O6S/c1-2-47(44,45)38-36(46-26-28-11-7-4-8-12-28)22-21-33(37(38)39)35(43)25-40(23-27-9-5-3-6-10-27)24-34(29-13-17-31(41)18-14-29)30-15-19-32(42)20-16-30/h3-22,34-35,41-43H,2,23-26,39H2,1H3/t35-/m0/s1. The molecule has 0 saturated carbocycles. The Balaban J connectivity index is 1.48. The lowest BCUT2D eigenvalue weighted by Crippen LogP contribution is -2.33. The van der Waals surface area contributed by atoms with Crippen LogP contribution in [0.2, 0.25) is 0 Å². The number of aliphatic hydroxyl groups is 1. The zero-order valence-electron chi connectivity index (χ0n) is 26.2. The minimum atomic E-state index is -3.81. The van der Waals surface area contributed by atoms with Gasteiger partial charge in [0.15, 0.2) is 9.84 Å². The highest BCUT2D eigenvalue weighted by Crippen LogP contribution is 2.37. The number of nitrogens with zero attached hydrogens (tertiary/aromatic N) is 1. The molecule has 5 rings (SSSR count). The smallest absolute Gasteiger partial charge is 0.183 e. The molecule has 5 N–H and O–H groups in total. The number of phenols is 2. The van der Waals surface area contributed by atoms with E-state index in [9.17, 15) is 23.7 Å². The first kappa shape index (κ1) is 33.5. The Kier molecular flexibility index (Phi) is 10.8. The Bertz CT molecular complexity index is 1800. The van der Waals surface area contributed by atoms with Gasteiger partial charge in [0.1, 0.15) is 28.8 Å². The predicted molar refractivity (Wildman–Crippen MR) is 184 cm³/mol. The number of aromatic hydroxyl groups is 2. The van der Waals surface area contributed by atoms with Gasteiger partial charge in [-0.15, -0.1) is 0 Å². The summed E-state index contributed by atoms with van der Waals surface area (Å²) < 4.78 is 32.6. The summed E-state index contributed by atoms with van der Waals surface area (Å²) >= 11 is 0. The molecule has 0 saturated heterocycles. The molecule has 244 valence electrons. The molecule has 0 bridgehead atoms. The minimum Gasteiger partial charge on any atom is -0.508 e. The molecule has 47 heavy (non-hydrogen) atoms. The highest BCUT2D eigenvalue weighted by molar-refractivity contribution is 7.91. The largest absolute Gasteiger partial charge is 0.508 e. The maximum absolute atomic E-state index is 13.3. The van der Waals surface area contributed by atoms with Crippen LogP contribution < -0.4 is 10.5 Å². The van der Waals surface area contributed by atoms with Crippen molar-refractivity contribution in [1.82, 2.24) is 4.90 Å². The van der Waals surface area contributed by atoms with Crippen LogP contribution in [-0.2, 0) is 23.0 Å². The summed E-state index contributed by atoms with van der Waals surface area (Å²) in [4.78, 5) is 1.98. The highest BCUT2D eigenvalue weighted by Gasteiger charge is 2.28. The average molecular weight is 653 g/mol. The topological polar surface area (TPSA) is 133 Å². The van der Waals surface area contributed by atoms with Crippen LogP contribution in [0.15, 0.2) is 126 Å². The second-order valence-electron chi connectivity index (χ2n) is 11.5. The maximum atomic E-state index is 13.3. The number of phenolic OH excluding ortho intramolecular Hbond substituents is 2. The number of hydrogen-bond donors (Lipinski definition) is 4. The van der Waals surface area contributed by atoms with Gasteiger partial charge in [-0.25, -0.2) is 8.42 Å². The third kappa shape index (κ3) is 8.51. The lowest BCUT2D eigenvalue weighted by Gasteiger charge is -2.31. The Morgan fingerprint density at radius 2 is 1.26 bits per heavy atom. The van der Waals surface area contributed by atoms with Crippen LogP contribution in [0.4, 0.5) is 5.69 Å². The van der Waals surface area contributed by atoms with Crippen LogP contribution in [-0.4, -0.2) is 47.5 Å². The summed E-state index contributed by atoms with van der Waals surface area (Å²) in [5.41, 5.74) is 10.6. The van der Waals surface area contributed by atoms with Crippen LogP contribution in [0.25, 0.3) is 0 Å². The van der Waals surface area contributed by atoms with Crippen molar-refractivity contribution in [2.75, 3.05) is 24.6 Å². The van der Waals surface area contributed by atoms with Crippen LogP contribution in [0.1, 0.15) is 46.8 Å². The molecule has 0 aromatic heterocycles. The average Bonchev–Trinajstić information content (AvgIpc) is 3.08. The number of anilines is 1. The second-order valence-corrected chi connectivity index (χ2v) is 13.7. The molecular weight excluding hydrogens is 612 g/mol. The normalized spacial score (nSPS) is 12.3. The van der Waals surface area contributed by atoms with Crippen LogP contribution in [0.5, 0.6) is 17.2 Å². The lowest BCUT2D eigenvalue weighted by molar-refractivity contribution is 0.107. The molecular formula is C38H40N2O6S. The van der Waals surface area contributed by atoms with Gasteiger partial charge >= 0.3 is 0 Å². The van der Waals surface area contributed by atoms with Gasteiger partial charge in [0.05, 0.1) is 17.5 Å². The van der Waals surface area contributed by atoms with E-state index in [2.05, 4.69) is 4.90 Å². The molecule has 0 aliphatic heterocycles. The van der Waals surface area contributed by atoms with Gasteiger partial charge in [0.25, 0.3) is 0 Å². The highest BCUT2D eigenvalue weighted by atomic mass is 32.2. The Morgan fingerprint density at radius 1 is 0.723 bits per heavy atom. The molecule has 9 heteroatoms. The summed E-state index contributed by atoms with van der Waals surface area (Å²) in [6.07, 6.45) is -1.13. The number of aliphatic hydroxyl groups excluding tert-OH is 1. The van der Waals surface area contributed by atoms with E-state index in [4.69, 9.17) is 10.5 Å². The van der Waals surface area contributed by atoms with Crippen molar-refractivity contribution in [2.24, 2.45) is 0 Å². The number of benzene rings is 5. The summed E-state index contributed by atoms with van der Waals surface area (Å²) in [7, 11) is -3.81. The summed E-state index contributed by atoms with van der Waals surface area (Å²) in [5, 5.41) is 31.6. The zero-order chi connectivity index (χ0) is 33.4. The molecule has 0 radical (unpaired) electrons. The molecule has 0 fully saturated rings. The first-order valence-electron chi connectivity index (χ1n) is 15.5. The third-order valence-electron chi connectivity index (χ3n) is 8.19. The Hall–Kier alpha value is -4.83. The van der Waals surface area contributed by atoms with Gasteiger partial charge in [-0.3, -0.25) is 4.90 Å². The first-order valence-corrected chi connectivity index (χ1v) is 17.1. The second kappa shape index (κ2) is 15.2. The van der Waals surface area contributed by atoms with Gasteiger partial charge in [-0.05, 0) is 52.6 Å². The van der Waals surface area contributed by atoms with Crippen LogP contribution in [0.3, 0.4) is 0 Å². The van der Waals surface area contributed by atoms with E-state index in [1.54, 1.807) is 43.3 Å². The van der Waals surface area contributed by atoms with Crippen molar-refractivity contribution >= 4 is 15.5 Å². The fourth-order valence-electron chi connectivity index (χ4n) is 5.66. The van der Waals surface area contributed by atoms with Crippen molar-refractivity contribution in [3.63, 3.8) is 0 Å². The fourth-order valence-corrected chi connectivity index (χ4v) is 6.84. The van der Waals surface area contributed by atoms with Crippen molar-refractivity contribution in [2.45, 2.75) is 37.0 Å². The number of sulfone groups is 1. The Labute approximate surface area is 276 Å². The molecule has 5 aromatic rings. The molecule has 8 nitrogen and oxygen atoms in total. The van der Waals surface area contributed by atoms with E-state index < -0.39 is 15.9 Å². The monoisotopic (exact) mass is 652 g/mol. The van der Waals surface area contributed by atoms with E-state index >= 15 is 0 Å². The SMILES string of the molecule is CCS(=O)(=O)c1c(OCc2ccccc2)ccc([C@@H](O)CN(Cc2ccccc2)CC(c2ccc(O)cc2)c2ccc(O)cc2)c1N. The van der Waals surface area contributed by atoms with E-state index in [0.29, 0.717) is 18.7 Å². The number of ether oxygens (including phenoxy) is 1. The van der Waals surface area contributed by atoms with Gasteiger partial charge < -0.3 is 25.8 Å². The van der Waals surface area contributed by atoms with E-state index in [1.165, 1.54) is 0 Å². The van der Waals surface area contributed by atoms with Crippen molar-refractivity contribution < 1.29 is 28.5 Å². The van der Waals surface area contributed by atoms with E-state index in [0.717, 1.165) is 22.3 Å². The number of rotatable bonds is 14. The van der Waals surface area contributed by atoms with E-state index in [-0.39, 0.29) is 52.7 Å². The molecule has 0 amide bonds.